The lowest BCUT2D eigenvalue weighted by atomic mass is 10.1. The van der Waals surface area contributed by atoms with Gasteiger partial charge < -0.3 is 10.2 Å². The lowest BCUT2D eigenvalue weighted by molar-refractivity contribution is -0.135. The van der Waals surface area contributed by atoms with Gasteiger partial charge in [0.15, 0.2) is 0 Å². The van der Waals surface area contributed by atoms with E-state index >= 15 is 0 Å². The van der Waals surface area contributed by atoms with E-state index in [4.69, 9.17) is 0 Å². The molecule has 6 nitrogen and oxygen atoms in total. The highest BCUT2D eigenvalue weighted by Gasteiger charge is 2.33. The number of aromatic nitrogens is 2. The molecule has 1 aromatic heterocycles. The molecular weight excluding hydrogens is 280 g/mol. The van der Waals surface area contributed by atoms with Crippen molar-refractivity contribution in [3.63, 3.8) is 0 Å². The van der Waals surface area contributed by atoms with Crippen molar-refractivity contribution in [2.75, 3.05) is 6.54 Å². The molecule has 0 saturated heterocycles. The van der Waals surface area contributed by atoms with Gasteiger partial charge in [0.1, 0.15) is 6.04 Å². The molecular formula is C16H24N4O2. The lowest BCUT2D eigenvalue weighted by Gasteiger charge is -2.33. The fourth-order valence-electron chi connectivity index (χ4n) is 3.42. The Bertz CT molecular complexity index is 548. The van der Waals surface area contributed by atoms with Crippen molar-refractivity contribution < 1.29 is 9.59 Å². The third-order valence-electron chi connectivity index (χ3n) is 4.61. The number of carbonyl (C=O) groups excluding carboxylic acids is 2. The Hall–Kier alpha value is -1.85. The molecule has 3 rings (SSSR count). The molecule has 1 fully saturated rings. The molecule has 0 aromatic carbocycles. The second-order valence-corrected chi connectivity index (χ2v) is 6.30. The Kier molecular flexibility index (Phi) is 4.45. The summed E-state index contributed by atoms with van der Waals surface area (Å²) in [7, 11) is 0. The van der Waals surface area contributed by atoms with Crippen LogP contribution in [0.3, 0.4) is 0 Å². The third kappa shape index (κ3) is 3.00. The second kappa shape index (κ2) is 6.50. The van der Waals surface area contributed by atoms with E-state index in [2.05, 4.69) is 10.4 Å². The predicted molar refractivity (Wildman–Crippen MR) is 82.0 cm³/mol. The Labute approximate surface area is 130 Å². The van der Waals surface area contributed by atoms with Crippen molar-refractivity contribution in [1.29, 1.82) is 0 Å². The van der Waals surface area contributed by atoms with Crippen molar-refractivity contribution in [1.82, 2.24) is 20.0 Å². The van der Waals surface area contributed by atoms with Crippen molar-refractivity contribution in [2.24, 2.45) is 0 Å². The van der Waals surface area contributed by atoms with E-state index in [0.29, 0.717) is 19.5 Å². The van der Waals surface area contributed by atoms with Gasteiger partial charge in [-0.25, -0.2) is 0 Å². The predicted octanol–water partition coefficient (Wildman–Crippen LogP) is 1.63. The highest BCUT2D eigenvalue weighted by molar-refractivity contribution is 5.83. The summed E-state index contributed by atoms with van der Waals surface area (Å²) in [5.41, 5.74) is 0.933. The van der Waals surface area contributed by atoms with Crippen molar-refractivity contribution in [3.05, 3.63) is 18.0 Å². The summed E-state index contributed by atoms with van der Waals surface area (Å²) in [6, 6.07) is 1.77. The van der Waals surface area contributed by atoms with Gasteiger partial charge in [-0.15, -0.1) is 0 Å². The zero-order chi connectivity index (χ0) is 15.5. The molecule has 0 bridgehead atoms. The Morgan fingerprint density at radius 2 is 2.14 bits per heavy atom. The SMILES string of the molecule is CCCC(=O)N1Cc2ccnn2C(C(=O)NC2CCCC2)C1. The van der Waals surface area contributed by atoms with Crippen LogP contribution >= 0.6 is 0 Å². The number of hydrogen-bond donors (Lipinski definition) is 1. The molecule has 1 aliphatic carbocycles. The van der Waals surface area contributed by atoms with E-state index in [-0.39, 0.29) is 17.9 Å². The van der Waals surface area contributed by atoms with Crippen LogP contribution in [0.4, 0.5) is 0 Å². The minimum atomic E-state index is -0.403. The molecule has 22 heavy (non-hydrogen) atoms. The van der Waals surface area contributed by atoms with Gasteiger partial charge in [0.05, 0.1) is 18.8 Å². The first-order valence-electron chi connectivity index (χ1n) is 8.29. The second-order valence-electron chi connectivity index (χ2n) is 6.30. The minimum Gasteiger partial charge on any atom is -0.351 e. The summed E-state index contributed by atoms with van der Waals surface area (Å²) in [4.78, 5) is 26.6. The molecule has 0 spiro atoms. The standard InChI is InChI=1S/C16H24N4O2/c1-2-5-15(21)19-10-13-8-9-17-20(13)14(11-19)16(22)18-12-6-3-4-7-12/h8-9,12,14H,2-7,10-11H2,1H3,(H,18,22). The Morgan fingerprint density at radius 1 is 1.36 bits per heavy atom. The molecule has 120 valence electrons. The van der Waals surface area contributed by atoms with Crippen LogP contribution in [-0.2, 0) is 16.1 Å². The lowest BCUT2D eigenvalue weighted by Crippen LogP contribution is -2.48. The molecule has 2 heterocycles. The smallest absolute Gasteiger partial charge is 0.246 e. The fraction of sp³-hybridized carbons (Fsp3) is 0.688. The van der Waals surface area contributed by atoms with Crippen LogP contribution in [0.5, 0.6) is 0 Å². The van der Waals surface area contributed by atoms with Crippen LogP contribution < -0.4 is 5.32 Å². The molecule has 1 aromatic rings. The zero-order valence-electron chi connectivity index (χ0n) is 13.1. The number of hydrogen-bond acceptors (Lipinski definition) is 3. The third-order valence-corrected chi connectivity index (χ3v) is 4.61. The van der Waals surface area contributed by atoms with E-state index in [0.717, 1.165) is 25.0 Å². The summed E-state index contributed by atoms with van der Waals surface area (Å²) in [5.74, 6) is 0.111. The van der Waals surface area contributed by atoms with Crippen LogP contribution in [0.2, 0.25) is 0 Å². The van der Waals surface area contributed by atoms with Gasteiger partial charge in [0.2, 0.25) is 11.8 Å². The van der Waals surface area contributed by atoms with Crippen LogP contribution in [0.25, 0.3) is 0 Å². The summed E-state index contributed by atoms with van der Waals surface area (Å²) >= 11 is 0. The monoisotopic (exact) mass is 304 g/mol. The average Bonchev–Trinajstić information content (AvgIpc) is 3.16. The van der Waals surface area contributed by atoms with Gasteiger partial charge >= 0.3 is 0 Å². The van der Waals surface area contributed by atoms with Gasteiger partial charge in [0, 0.05) is 18.7 Å². The minimum absolute atomic E-state index is 0.00847. The number of rotatable bonds is 4. The first-order valence-corrected chi connectivity index (χ1v) is 8.29. The number of fused-ring (bicyclic) bond motifs is 1. The average molecular weight is 304 g/mol. The van der Waals surface area contributed by atoms with Gasteiger partial charge in [-0.1, -0.05) is 19.8 Å². The summed E-state index contributed by atoms with van der Waals surface area (Å²) < 4.78 is 1.78. The molecule has 1 saturated carbocycles. The number of nitrogens with one attached hydrogen (secondary N) is 1. The van der Waals surface area contributed by atoms with Crippen LogP contribution in [0, 0.1) is 0 Å². The fourth-order valence-corrected chi connectivity index (χ4v) is 3.42. The van der Waals surface area contributed by atoms with Crippen LogP contribution in [-0.4, -0.2) is 39.1 Å². The molecule has 0 radical (unpaired) electrons. The summed E-state index contributed by atoms with van der Waals surface area (Å²) in [5, 5.41) is 7.42. The van der Waals surface area contributed by atoms with Crippen molar-refractivity contribution >= 4 is 11.8 Å². The van der Waals surface area contributed by atoms with E-state index in [1.165, 1.54) is 12.8 Å². The first kappa shape index (κ1) is 15.1. The highest BCUT2D eigenvalue weighted by atomic mass is 16.2. The topological polar surface area (TPSA) is 67.2 Å². The number of nitrogens with zero attached hydrogens (tertiary/aromatic N) is 3. The quantitative estimate of drug-likeness (QED) is 0.919. The van der Waals surface area contributed by atoms with Gasteiger partial charge in [-0.3, -0.25) is 14.3 Å². The molecule has 2 aliphatic rings. The molecule has 1 unspecified atom stereocenters. The maximum Gasteiger partial charge on any atom is 0.246 e. The zero-order valence-corrected chi connectivity index (χ0v) is 13.1. The number of carbonyl (C=O) groups is 2. The Morgan fingerprint density at radius 3 is 2.86 bits per heavy atom. The molecule has 1 N–H and O–H groups in total. The van der Waals surface area contributed by atoms with E-state index in [1.54, 1.807) is 15.8 Å². The summed E-state index contributed by atoms with van der Waals surface area (Å²) in [6.45, 7) is 2.97. The van der Waals surface area contributed by atoms with Crippen LogP contribution in [0.1, 0.15) is 57.2 Å². The first-order chi connectivity index (χ1) is 10.7. The van der Waals surface area contributed by atoms with Crippen molar-refractivity contribution in [3.8, 4) is 0 Å². The van der Waals surface area contributed by atoms with E-state index in [1.807, 2.05) is 13.0 Å². The number of amides is 2. The van der Waals surface area contributed by atoms with E-state index < -0.39 is 6.04 Å². The normalized spacial score (nSPS) is 21.7. The molecule has 1 aliphatic heterocycles. The van der Waals surface area contributed by atoms with Crippen molar-refractivity contribution in [2.45, 2.75) is 64.1 Å². The molecule has 6 heteroatoms. The van der Waals surface area contributed by atoms with Gasteiger partial charge in [0.25, 0.3) is 0 Å². The largest absolute Gasteiger partial charge is 0.351 e. The maximum absolute atomic E-state index is 12.6. The van der Waals surface area contributed by atoms with Gasteiger partial charge in [-0.2, -0.15) is 5.10 Å². The maximum atomic E-state index is 12.6. The molecule has 2 amide bonds. The molecule has 1 atom stereocenters. The van der Waals surface area contributed by atoms with E-state index in [9.17, 15) is 9.59 Å². The van der Waals surface area contributed by atoms with Gasteiger partial charge in [-0.05, 0) is 25.3 Å². The Balaban J connectivity index is 1.74. The van der Waals surface area contributed by atoms with Crippen LogP contribution in [0.15, 0.2) is 12.3 Å². The summed E-state index contributed by atoms with van der Waals surface area (Å²) in [6.07, 6.45) is 7.55. The highest BCUT2D eigenvalue weighted by Crippen LogP contribution is 2.23.